The standard InChI is InChI=1S/C22H26N2O5/c1-15(19-13-18(27-2)10-11-20(19)28-3)23-21(25)14-29-17-8-6-16(7-9-17)24-12-4-5-22(24)26/h6-11,13,15H,4-5,12,14H2,1-3H3,(H,23,25)/t15-/m0/s1. The SMILES string of the molecule is COc1ccc(OC)c([C@H](C)NC(=O)COc2ccc(N3CCCC3=O)cc2)c1. The number of rotatable bonds is 8. The quantitative estimate of drug-likeness (QED) is 0.739. The first kappa shape index (κ1) is 20.5. The molecule has 7 heteroatoms. The van der Waals surface area contributed by atoms with Crippen molar-refractivity contribution < 1.29 is 23.8 Å². The first-order chi connectivity index (χ1) is 14.0. The summed E-state index contributed by atoms with van der Waals surface area (Å²) < 4.78 is 16.2. The van der Waals surface area contributed by atoms with E-state index >= 15 is 0 Å². The van der Waals surface area contributed by atoms with Crippen LogP contribution in [0.5, 0.6) is 17.2 Å². The highest BCUT2D eigenvalue weighted by Crippen LogP contribution is 2.29. The first-order valence-corrected chi connectivity index (χ1v) is 9.56. The Bertz CT molecular complexity index is 866. The summed E-state index contributed by atoms with van der Waals surface area (Å²) in [5.41, 5.74) is 1.67. The number of anilines is 1. The number of carbonyl (C=O) groups excluding carboxylic acids is 2. The van der Waals surface area contributed by atoms with E-state index in [0.29, 0.717) is 23.7 Å². The van der Waals surface area contributed by atoms with Gasteiger partial charge in [-0.2, -0.15) is 0 Å². The molecular formula is C22H26N2O5. The van der Waals surface area contributed by atoms with E-state index in [9.17, 15) is 9.59 Å². The van der Waals surface area contributed by atoms with Crippen LogP contribution in [-0.4, -0.2) is 39.2 Å². The molecule has 1 fully saturated rings. The number of amides is 2. The zero-order valence-electron chi connectivity index (χ0n) is 16.9. The van der Waals surface area contributed by atoms with Crippen LogP contribution in [-0.2, 0) is 9.59 Å². The number of carbonyl (C=O) groups is 2. The molecule has 0 saturated carbocycles. The second-order valence-electron chi connectivity index (χ2n) is 6.83. The molecule has 2 amide bonds. The Balaban J connectivity index is 1.55. The molecule has 1 aliphatic rings. The number of methoxy groups -OCH3 is 2. The van der Waals surface area contributed by atoms with Crippen molar-refractivity contribution >= 4 is 17.5 Å². The zero-order valence-corrected chi connectivity index (χ0v) is 16.9. The molecule has 1 saturated heterocycles. The normalized spacial score (nSPS) is 14.4. The van der Waals surface area contributed by atoms with E-state index in [1.54, 1.807) is 43.4 Å². The molecule has 0 spiro atoms. The third-order valence-electron chi connectivity index (χ3n) is 4.87. The highest BCUT2D eigenvalue weighted by Gasteiger charge is 2.21. The minimum Gasteiger partial charge on any atom is -0.497 e. The molecule has 1 aliphatic heterocycles. The van der Waals surface area contributed by atoms with Crippen molar-refractivity contribution in [3.8, 4) is 17.2 Å². The summed E-state index contributed by atoms with van der Waals surface area (Å²) in [5, 5.41) is 2.90. The van der Waals surface area contributed by atoms with Gasteiger partial charge < -0.3 is 24.4 Å². The van der Waals surface area contributed by atoms with Crippen LogP contribution < -0.4 is 24.4 Å². The third-order valence-corrected chi connectivity index (χ3v) is 4.87. The summed E-state index contributed by atoms with van der Waals surface area (Å²) in [6.07, 6.45) is 1.47. The van der Waals surface area contributed by atoms with Gasteiger partial charge in [-0.25, -0.2) is 0 Å². The van der Waals surface area contributed by atoms with Gasteiger partial charge in [-0.05, 0) is 55.8 Å². The molecule has 7 nitrogen and oxygen atoms in total. The number of nitrogens with one attached hydrogen (secondary N) is 1. The number of hydrogen-bond donors (Lipinski definition) is 1. The first-order valence-electron chi connectivity index (χ1n) is 9.56. The Morgan fingerprint density at radius 1 is 1.10 bits per heavy atom. The predicted molar refractivity (Wildman–Crippen MR) is 110 cm³/mol. The Hall–Kier alpha value is -3.22. The zero-order chi connectivity index (χ0) is 20.8. The van der Waals surface area contributed by atoms with Crippen molar-refractivity contribution in [2.45, 2.75) is 25.8 Å². The molecule has 1 atom stereocenters. The van der Waals surface area contributed by atoms with Crippen molar-refractivity contribution in [2.24, 2.45) is 0 Å². The summed E-state index contributed by atoms with van der Waals surface area (Å²) in [6, 6.07) is 12.4. The van der Waals surface area contributed by atoms with Crippen molar-refractivity contribution in [3.05, 3.63) is 48.0 Å². The van der Waals surface area contributed by atoms with Gasteiger partial charge in [-0.1, -0.05) is 0 Å². The lowest BCUT2D eigenvalue weighted by molar-refractivity contribution is -0.123. The molecule has 0 aliphatic carbocycles. The summed E-state index contributed by atoms with van der Waals surface area (Å²) in [4.78, 5) is 25.9. The van der Waals surface area contributed by atoms with Gasteiger partial charge in [-0.15, -0.1) is 0 Å². The molecule has 3 rings (SSSR count). The van der Waals surface area contributed by atoms with Gasteiger partial charge in [0, 0.05) is 24.2 Å². The molecule has 1 N–H and O–H groups in total. The minimum absolute atomic E-state index is 0.112. The Labute approximate surface area is 170 Å². The molecule has 0 radical (unpaired) electrons. The van der Waals surface area contributed by atoms with Gasteiger partial charge in [0.25, 0.3) is 5.91 Å². The average molecular weight is 398 g/mol. The van der Waals surface area contributed by atoms with E-state index in [-0.39, 0.29) is 24.5 Å². The second-order valence-corrected chi connectivity index (χ2v) is 6.83. The second kappa shape index (κ2) is 9.32. The maximum Gasteiger partial charge on any atom is 0.258 e. The van der Waals surface area contributed by atoms with Crippen LogP contribution >= 0.6 is 0 Å². The van der Waals surface area contributed by atoms with Crippen LogP contribution in [0, 0.1) is 0 Å². The number of nitrogens with zero attached hydrogens (tertiary/aromatic N) is 1. The molecule has 0 aromatic heterocycles. The molecule has 0 bridgehead atoms. The number of hydrogen-bond acceptors (Lipinski definition) is 5. The smallest absolute Gasteiger partial charge is 0.258 e. The maximum absolute atomic E-state index is 12.3. The molecule has 2 aromatic carbocycles. The lowest BCUT2D eigenvalue weighted by Crippen LogP contribution is -2.31. The average Bonchev–Trinajstić information content (AvgIpc) is 3.17. The van der Waals surface area contributed by atoms with Crippen molar-refractivity contribution in [2.75, 3.05) is 32.3 Å². The fourth-order valence-electron chi connectivity index (χ4n) is 3.33. The van der Waals surface area contributed by atoms with E-state index < -0.39 is 0 Å². The van der Waals surface area contributed by atoms with Gasteiger partial charge in [0.05, 0.1) is 20.3 Å². The largest absolute Gasteiger partial charge is 0.497 e. The topological polar surface area (TPSA) is 77.1 Å². The lowest BCUT2D eigenvalue weighted by Gasteiger charge is -2.19. The molecule has 154 valence electrons. The molecule has 1 heterocycles. The van der Waals surface area contributed by atoms with Crippen LogP contribution in [0.3, 0.4) is 0 Å². The van der Waals surface area contributed by atoms with Gasteiger partial charge in [0.2, 0.25) is 5.91 Å². The van der Waals surface area contributed by atoms with Crippen LogP contribution in [0.2, 0.25) is 0 Å². The van der Waals surface area contributed by atoms with E-state index in [1.165, 1.54) is 0 Å². The number of ether oxygens (including phenoxy) is 3. The van der Waals surface area contributed by atoms with Gasteiger partial charge >= 0.3 is 0 Å². The third kappa shape index (κ3) is 4.99. The molecule has 29 heavy (non-hydrogen) atoms. The van der Waals surface area contributed by atoms with Crippen LogP contribution in [0.15, 0.2) is 42.5 Å². The Kier molecular flexibility index (Phi) is 6.59. The fourth-order valence-corrected chi connectivity index (χ4v) is 3.33. The minimum atomic E-state index is -0.278. The maximum atomic E-state index is 12.3. The van der Waals surface area contributed by atoms with Gasteiger partial charge in [0.15, 0.2) is 6.61 Å². The Morgan fingerprint density at radius 3 is 2.45 bits per heavy atom. The van der Waals surface area contributed by atoms with E-state index in [0.717, 1.165) is 24.2 Å². The van der Waals surface area contributed by atoms with Crippen molar-refractivity contribution in [1.29, 1.82) is 0 Å². The Morgan fingerprint density at radius 2 is 1.83 bits per heavy atom. The van der Waals surface area contributed by atoms with Crippen molar-refractivity contribution in [1.82, 2.24) is 5.32 Å². The van der Waals surface area contributed by atoms with E-state index in [1.807, 2.05) is 25.1 Å². The predicted octanol–water partition coefficient (Wildman–Crippen LogP) is 3.09. The molecule has 2 aromatic rings. The van der Waals surface area contributed by atoms with E-state index in [2.05, 4.69) is 5.32 Å². The molecular weight excluding hydrogens is 372 g/mol. The summed E-state index contributed by atoms with van der Waals surface area (Å²) in [6.45, 7) is 2.50. The van der Waals surface area contributed by atoms with Crippen LogP contribution in [0.1, 0.15) is 31.4 Å². The van der Waals surface area contributed by atoms with E-state index in [4.69, 9.17) is 14.2 Å². The van der Waals surface area contributed by atoms with Crippen LogP contribution in [0.4, 0.5) is 5.69 Å². The summed E-state index contributed by atoms with van der Waals surface area (Å²) >= 11 is 0. The highest BCUT2D eigenvalue weighted by molar-refractivity contribution is 5.95. The van der Waals surface area contributed by atoms with Crippen LogP contribution in [0.25, 0.3) is 0 Å². The molecule has 0 unspecified atom stereocenters. The summed E-state index contributed by atoms with van der Waals surface area (Å²) in [5.74, 6) is 1.82. The van der Waals surface area contributed by atoms with Crippen molar-refractivity contribution in [3.63, 3.8) is 0 Å². The van der Waals surface area contributed by atoms with Gasteiger partial charge in [0.1, 0.15) is 17.2 Å². The van der Waals surface area contributed by atoms with Gasteiger partial charge in [-0.3, -0.25) is 9.59 Å². The monoisotopic (exact) mass is 398 g/mol. The number of benzene rings is 2. The highest BCUT2D eigenvalue weighted by atomic mass is 16.5. The lowest BCUT2D eigenvalue weighted by atomic mass is 10.1. The summed E-state index contributed by atoms with van der Waals surface area (Å²) in [7, 11) is 3.18. The fraction of sp³-hybridized carbons (Fsp3) is 0.364.